The van der Waals surface area contributed by atoms with E-state index in [1.54, 1.807) is 0 Å². The minimum atomic E-state index is 0.125. The van der Waals surface area contributed by atoms with Gasteiger partial charge in [-0.15, -0.1) is 0 Å². The number of aryl methyl sites for hydroxylation is 1. The van der Waals surface area contributed by atoms with Crippen molar-refractivity contribution in [2.75, 3.05) is 19.8 Å². The van der Waals surface area contributed by atoms with Gasteiger partial charge in [-0.2, -0.15) is 0 Å². The fraction of sp³-hybridized carbons (Fsp3) is 0.500. The molecule has 0 unspecified atom stereocenters. The standard InChI is InChI=1S/C14H19NO2/c1-3-13-10-17-9-8-15(13)14(16)12-6-4-11(2)5-7-12/h4-7,13H,3,8-10H2,1-2H3/t13-/m0/s1. The summed E-state index contributed by atoms with van der Waals surface area (Å²) in [6, 6.07) is 7.99. The predicted molar refractivity (Wildman–Crippen MR) is 67.1 cm³/mol. The van der Waals surface area contributed by atoms with Gasteiger partial charge in [0, 0.05) is 12.1 Å². The Morgan fingerprint density at radius 3 is 2.76 bits per heavy atom. The molecule has 3 heteroatoms. The van der Waals surface area contributed by atoms with Crippen molar-refractivity contribution in [2.24, 2.45) is 0 Å². The number of hydrogen-bond acceptors (Lipinski definition) is 2. The largest absolute Gasteiger partial charge is 0.377 e. The molecule has 0 N–H and O–H groups in total. The summed E-state index contributed by atoms with van der Waals surface area (Å²) >= 11 is 0. The number of carbonyl (C=O) groups is 1. The van der Waals surface area contributed by atoms with E-state index in [1.165, 1.54) is 5.56 Å². The topological polar surface area (TPSA) is 29.5 Å². The van der Waals surface area contributed by atoms with E-state index < -0.39 is 0 Å². The molecule has 0 aliphatic carbocycles. The van der Waals surface area contributed by atoms with Gasteiger partial charge in [-0.3, -0.25) is 4.79 Å². The van der Waals surface area contributed by atoms with Gasteiger partial charge in [-0.1, -0.05) is 24.6 Å². The minimum absolute atomic E-state index is 0.125. The summed E-state index contributed by atoms with van der Waals surface area (Å²) in [5.41, 5.74) is 1.95. The van der Waals surface area contributed by atoms with Gasteiger partial charge in [-0.25, -0.2) is 0 Å². The van der Waals surface area contributed by atoms with E-state index in [9.17, 15) is 4.79 Å². The zero-order valence-corrected chi connectivity index (χ0v) is 10.5. The number of benzene rings is 1. The highest BCUT2D eigenvalue weighted by atomic mass is 16.5. The number of morpholine rings is 1. The summed E-state index contributed by atoms with van der Waals surface area (Å²) in [6.07, 6.45) is 0.942. The highest BCUT2D eigenvalue weighted by Gasteiger charge is 2.26. The Morgan fingerprint density at radius 2 is 2.12 bits per heavy atom. The lowest BCUT2D eigenvalue weighted by atomic mass is 10.1. The van der Waals surface area contributed by atoms with Crippen LogP contribution in [0.15, 0.2) is 24.3 Å². The summed E-state index contributed by atoms with van der Waals surface area (Å²) in [5.74, 6) is 0.125. The van der Waals surface area contributed by atoms with Crippen molar-refractivity contribution in [1.82, 2.24) is 4.90 Å². The first-order valence-electron chi connectivity index (χ1n) is 6.17. The van der Waals surface area contributed by atoms with Crippen molar-refractivity contribution in [1.29, 1.82) is 0 Å². The molecular formula is C14H19NO2. The molecule has 17 heavy (non-hydrogen) atoms. The fourth-order valence-corrected chi connectivity index (χ4v) is 2.12. The van der Waals surface area contributed by atoms with Crippen LogP contribution in [0, 0.1) is 6.92 Å². The van der Waals surface area contributed by atoms with Gasteiger partial charge in [0.15, 0.2) is 0 Å². The molecular weight excluding hydrogens is 214 g/mol. The van der Waals surface area contributed by atoms with Gasteiger partial charge in [-0.05, 0) is 25.5 Å². The number of nitrogens with zero attached hydrogens (tertiary/aromatic N) is 1. The zero-order chi connectivity index (χ0) is 12.3. The van der Waals surface area contributed by atoms with Crippen molar-refractivity contribution in [2.45, 2.75) is 26.3 Å². The molecule has 1 amide bonds. The Hall–Kier alpha value is -1.35. The molecule has 1 saturated heterocycles. The van der Waals surface area contributed by atoms with Crippen LogP contribution < -0.4 is 0 Å². The average molecular weight is 233 g/mol. The smallest absolute Gasteiger partial charge is 0.254 e. The zero-order valence-electron chi connectivity index (χ0n) is 10.5. The quantitative estimate of drug-likeness (QED) is 0.784. The summed E-state index contributed by atoms with van der Waals surface area (Å²) in [7, 11) is 0. The third-order valence-electron chi connectivity index (χ3n) is 3.26. The monoisotopic (exact) mass is 233 g/mol. The van der Waals surface area contributed by atoms with Crippen molar-refractivity contribution in [3.8, 4) is 0 Å². The molecule has 1 heterocycles. The second kappa shape index (κ2) is 5.32. The highest BCUT2D eigenvalue weighted by molar-refractivity contribution is 5.94. The Labute approximate surface area is 102 Å². The first kappa shape index (κ1) is 12.1. The SMILES string of the molecule is CC[C@H]1COCCN1C(=O)c1ccc(C)cc1. The van der Waals surface area contributed by atoms with Gasteiger partial charge < -0.3 is 9.64 Å². The second-order valence-corrected chi connectivity index (χ2v) is 4.50. The van der Waals surface area contributed by atoms with Crippen LogP contribution in [-0.4, -0.2) is 36.6 Å². The first-order valence-corrected chi connectivity index (χ1v) is 6.17. The molecule has 1 aromatic carbocycles. The molecule has 1 aliphatic heterocycles. The minimum Gasteiger partial charge on any atom is -0.377 e. The molecule has 0 radical (unpaired) electrons. The van der Waals surface area contributed by atoms with Crippen molar-refractivity contribution in [3.63, 3.8) is 0 Å². The average Bonchev–Trinajstić information content (AvgIpc) is 2.39. The number of amides is 1. The van der Waals surface area contributed by atoms with Gasteiger partial charge >= 0.3 is 0 Å². The van der Waals surface area contributed by atoms with Crippen LogP contribution in [0.5, 0.6) is 0 Å². The van der Waals surface area contributed by atoms with Crippen LogP contribution in [-0.2, 0) is 4.74 Å². The first-order chi connectivity index (χ1) is 8.22. The summed E-state index contributed by atoms with van der Waals surface area (Å²) in [6.45, 7) is 6.13. The van der Waals surface area contributed by atoms with Gasteiger partial charge in [0.1, 0.15) is 0 Å². The van der Waals surface area contributed by atoms with Crippen LogP contribution >= 0.6 is 0 Å². The Balaban J connectivity index is 2.15. The summed E-state index contributed by atoms with van der Waals surface area (Å²) in [4.78, 5) is 14.3. The van der Waals surface area contributed by atoms with Gasteiger partial charge in [0.2, 0.25) is 0 Å². The molecule has 1 atom stereocenters. The van der Waals surface area contributed by atoms with Crippen LogP contribution in [0.1, 0.15) is 29.3 Å². The molecule has 0 bridgehead atoms. The van der Waals surface area contributed by atoms with E-state index in [2.05, 4.69) is 6.92 Å². The summed E-state index contributed by atoms with van der Waals surface area (Å²) in [5, 5.41) is 0. The van der Waals surface area contributed by atoms with Crippen LogP contribution in [0.25, 0.3) is 0 Å². The maximum Gasteiger partial charge on any atom is 0.254 e. The Morgan fingerprint density at radius 1 is 1.41 bits per heavy atom. The maximum atomic E-state index is 12.4. The van der Waals surface area contributed by atoms with E-state index in [4.69, 9.17) is 4.74 Å². The van der Waals surface area contributed by atoms with E-state index in [-0.39, 0.29) is 11.9 Å². The second-order valence-electron chi connectivity index (χ2n) is 4.50. The molecule has 1 aliphatic rings. The third-order valence-corrected chi connectivity index (χ3v) is 3.26. The third kappa shape index (κ3) is 2.67. The molecule has 92 valence electrons. The molecule has 0 aromatic heterocycles. The van der Waals surface area contributed by atoms with Crippen LogP contribution in [0.4, 0.5) is 0 Å². The van der Waals surface area contributed by atoms with E-state index in [0.717, 1.165) is 12.0 Å². The molecule has 0 saturated carbocycles. The Bertz CT molecular complexity index is 386. The fourth-order valence-electron chi connectivity index (χ4n) is 2.12. The van der Waals surface area contributed by atoms with Crippen molar-refractivity contribution in [3.05, 3.63) is 35.4 Å². The lowest BCUT2D eigenvalue weighted by Gasteiger charge is -2.35. The molecule has 1 fully saturated rings. The van der Waals surface area contributed by atoms with E-state index in [1.807, 2.05) is 36.1 Å². The lowest BCUT2D eigenvalue weighted by Crippen LogP contribution is -2.48. The normalized spacial score (nSPS) is 20.4. The van der Waals surface area contributed by atoms with Gasteiger partial charge in [0.05, 0.1) is 19.3 Å². The number of rotatable bonds is 2. The van der Waals surface area contributed by atoms with Crippen molar-refractivity contribution < 1.29 is 9.53 Å². The van der Waals surface area contributed by atoms with E-state index >= 15 is 0 Å². The highest BCUT2D eigenvalue weighted by Crippen LogP contribution is 2.15. The molecule has 1 aromatic rings. The summed E-state index contributed by atoms with van der Waals surface area (Å²) < 4.78 is 5.41. The van der Waals surface area contributed by atoms with Gasteiger partial charge in [0.25, 0.3) is 5.91 Å². The lowest BCUT2D eigenvalue weighted by molar-refractivity contribution is -0.00279. The number of hydrogen-bond donors (Lipinski definition) is 0. The number of ether oxygens (including phenoxy) is 1. The molecule has 3 nitrogen and oxygen atoms in total. The Kier molecular flexibility index (Phi) is 3.79. The maximum absolute atomic E-state index is 12.4. The van der Waals surface area contributed by atoms with E-state index in [0.29, 0.717) is 19.8 Å². The van der Waals surface area contributed by atoms with Crippen LogP contribution in [0.3, 0.4) is 0 Å². The van der Waals surface area contributed by atoms with Crippen molar-refractivity contribution >= 4 is 5.91 Å². The molecule has 0 spiro atoms. The van der Waals surface area contributed by atoms with Crippen LogP contribution in [0.2, 0.25) is 0 Å². The predicted octanol–water partition coefficient (Wildman–Crippen LogP) is 2.25. The number of carbonyl (C=O) groups excluding carboxylic acids is 1. The molecule has 2 rings (SSSR count).